The van der Waals surface area contributed by atoms with E-state index in [9.17, 15) is 10.1 Å². The molecule has 0 heterocycles. The van der Waals surface area contributed by atoms with Crippen LogP contribution in [0.2, 0.25) is 0 Å². The highest BCUT2D eigenvalue weighted by Crippen LogP contribution is 2.06. The van der Waals surface area contributed by atoms with Crippen molar-refractivity contribution in [3.05, 3.63) is 40.4 Å². The topological polar surface area (TPSA) is 95.6 Å². The van der Waals surface area contributed by atoms with E-state index in [1.165, 1.54) is 12.1 Å². The summed E-state index contributed by atoms with van der Waals surface area (Å²) in [7, 11) is 0. The van der Waals surface area contributed by atoms with Gasteiger partial charge in [0.15, 0.2) is 0 Å². The zero-order chi connectivity index (χ0) is 13.6. The third-order valence-electron chi connectivity index (χ3n) is 1.99. The van der Waals surface area contributed by atoms with Crippen LogP contribution in [0.15, 0.2) is 30.3 Å². The van der Waals surface area contributed by atoms with Crippen LogP contribution < -0.4 is 5.32 Å². The molecule has 102 valence electrons. The number of para-hydroxylation sites is 1. The van der Waals surface area contributed by atoms with E-state index < -0.39 is 4.92 Å². The van der Waals surface area contributed by atoms with Crippen LogP contribution in [-0.4, -0.2) is 41.4 Å². The number of nitro groups is 1. The van der Waals surface area contributed by atoms with Gasteiger partial charge in [0.2, 0.25) is 0 Å². The molecule has 0 amide bonds. The SMILES string of the molecule is O=[N+]([O-])c1ccccc1.OCCCNCCCO. The van der Waals surface area contributed by atoms with E-state index in [0.717, 1.165) is 25.9 Å². The summed E-state index contributed by atoms with van der Waals surface area (Å²) < 4.78 is 0. The first kappa shape index (κ1) is 16.5. The average molecular weight is 256 g/mol. The van der Waals surface area contributed by atoms with E-state index in [-0.39, 0.29) is 18.9 Å². The molecule has 0 saturated carbocycles. The Bertz CT molecular complexity index is 300. The van der Waals surface area contributed by atoms with Crippen molar-refractivity contribution in [2.75, 3.05) is 26.3 Å². The van der Waals surface area contributed by atoms with Crippen molar-refractivity contribution >= 4 is 5.69 Å². The van der Waals surface area contributed by atoms with E-state index in [4.69, 9.17) is 10.2 Å². The Morgan fingerprint density at radius 3 is 1.89 bits per heavy atom. The van der Waals surface area contributed by atoms with Gasteiger partial charge in [-0.25, -0.2) is 0 Å². The molecule has 1 aromatic carbocycles. The minimum absolute atomic E-state index is 0.137. The smallest absolute Gasteiger partial charge is 0.269 e. The van der Waals surface area contributed by atoms with Crippen molar-refractivity contribution in [1.29, 1.82) is 0 Å². The molecule has 3 N–H and O–H groups in total. The molecule has 0 aliphatic heterocycles. The molecule has 0 radical (unpaired) electrons. The predicted octanol–water partition coefficient (Wildman–Crippen LogP) is 0.936. The minimum atomic E-state index is -0.417. The highest BCUT2D eigenvalue weighted by molar-refractivity contribution is 5.27. The van der Waals surface area contributed by atoms with E-state index in [1.807, 2.05) is 0 Å². The fraction of sp³-hybridized carbons (Fsp3) is 0.500. The van der Waals surface area contributed by atoms with Gasteiger partial charge in [0.1, 0.15) is 0 Å². The maximum atomic E-state index is 10.0. The molecular formula is C12H20N2O4. The Morgan fingerprint density at radius 1 is 1.06 bits per heavy atom. The number of aliphatic hydroxyl groups is 2. The largest absolute Gasteiger partial charge is 0.396 e. The van der Waals surface area contributed by atoms with Crippen LogP contribution in [0, 0.1) is 10.1 Å². The monoisotopic (exact) mass is 256 g/mol. The fourth-order valence-electron chi connectivity index (χ4n) is 1.08. The minimum Gasteiger partial charge on any atom is -0.396 e. The number of nitro benzene ring substituents is 1. The first-order chi connectivity index (χ1) is 8.72. The van der Waals surface area contributed by atoms with Crippen molar-refractivity contribution in [3.8, 4) is 0 Å². The van der Waals surface area contributed by atoms with Gasteiger partial charge < -0.3 is 15.5 Å². The summed E-state index contributed by atoms with van der Waals surface area (Å²) in [5.41, 5.74) is 0.137. The van der Waals surface area contributed by atoms with Crippen molar-refractivity contribution in [2.45, 2.75) is 12.8 Å². The summed E-state index contributed by atoms with van der Waals surface area (Å²) in [6.45, 7) is 2.17. The Kier molecular flexibility index (Phi) is 11.0. The second-order valence-corrected chi connectivity index (χ2v) is 3.50. The van der Waals surface area contributed by atoms with Gasteiger partial charge in [0, 0.05) is 25.3 Å². The van der Waals surface area contributed by atoms with E-state index in [2.05, 4.69) is 5.32 Å². The maximum absolute atomic E-state index is 10.0. The summed E-state index contributed by atoms with van der Waals surface area (Å²) >= 11 is 0. The Balaban J connectivity index is 0.000000321. The van der Waals surface area contributed by atoms with Crippen molar-refractivity contribution < 1.29 is 15.1 Å². The summed E-state index contributed by atoms with van der Waals surface area (Å²) in [5.74, 6) is 0. The molecule has 0 atom stereocenters. The molecule has 0 aliphatic rings. The molecule has 0 aromatic heterocycles. The summed E-state index contributed by atoms with van der Waals surface area (Å²) in [4.78, 5) is 9.59. The first-order valence-corrected chi connectivity index (χ1v) is 5.84. The molecule has 0 fully saturated rings. The number of nitrogens with zero attached hydrogens (tertiary/aromatic N) is 1. The van der Waals surface area contributed by atoms with Gasteiger partial charge in [-0.1, -0.05) is 18.2 Å². The zero-order valence-electron chi connectivity index (χ0n) is 10.3. The molecule has 6 heteroatoms. The van der Waals surface area contributed by atoms with Gasteiger partial charge in [-0.3, -0.25) is 10.1 Å². The van der Waals surface area contributed by atoms with Gasteiger partial charge in [-0.05, 0) is 25.9 Å². The second kappa shape index (κ2) is 12.0. The lowest BCUT2D eigenvalue weighted by molar-refractivity contribution is -0.384. The molecule has 1 rings (SSSR count). The van der Waals surface area contributed by atoms with Gasteiger partial charge in [-0.15, -0.1) is 0 Å². The molecule has 1 aromatic rings. The lowest BCUT2D eigenvalue weighted by Gasteiger charge is -1.99. The number of hydrogen-bond acceptors (Lipinski definition) is 5. The molecule has 0 bridgehead atoms. The van der Waals surface area contributed by atoms with Crippen LogP contribution in [0.1, 0.15) is 12.8 Å². The van der Waals surface area contributed by atoms with Crippen LogP contribution in [0.3, 0.4) is 0 Å². The van der Waals surface area contributed by atoms with Crippen molar-refractivity contribution in [3.63, 3.8) is 0 Å². The Labute approximate surface area is 106 Å². The number of rotatable bonds is 7. The Hall–Kier alpha value is -1.50. The fourth-order valence-corrected chi connectivity index (χ4v) is 1.08. The number of aliphatic hydroxyl groups excluding tert-OH is 2. The second-order valence-electron chi connectivity index (χ2n) is 3.50. The third-order valence-corrected chi connectivity index (χ3v) is 1.99. The molecule has 18 heavy (non-hydrogen) atoms. The molecule has 0 aliphatic carbocycles. The van der Waals surface area contributed by atoms with Crippen LogP contribution in [0.25, 0.3) is 0 Å². The molecule has 0 saturated heterocycles. The van der Waals surface area contributed by atoms with Crippen LogP contribution in [0.4, 0.5) is 5.69 Å². The van der Waals surface area contributed by atoms with Crippen molar-refractivity contribution in [2.24, 2.45) is 0 Å². The quantitative estimate of drug-likeness (QED) is 0.383. The highest BCUT2D eigenvalue weighted by atomic mass is 16.6. The van der Waals surface area contributed by atoms with Gasteiger partial charge in [0.05, 0.1) is 4.92 Å². The van der Waals surface area contributed by atoms with E-state index >= 15 is 0 Å². The highest BCUT2D eigenvalue weighted by Gasteiger charge is 1.98. The summed E-state index contributed by atoms with van der Waals surface area (Å²) in [6.07, 6.45) is 1.59. The lowest BCUT2D eigenvalue weighted by Crippen LogP contribution is -2.18. The molecule has 6 nitrogen and oxygen atoms in total. The van der Waals surface area contributed by atoms with Crippen LogP contribution >= 0.6 is 0 Å². The Morgan fingerprint density at radius 2 is 1.56 bits per heavy atom. The maximum Gasteiger partial charge on any atom is 0.269 e. The van der Waals surface area contributed by atoms with E-state index in [1.54, 1.807) is 18.2 Å². The number of nitrogens with one attached hydrogen (secondary N) is 1. The summed E-state index contributed by atoms with van der Waals surface area (Å²) in [6, 6.07) is 7.93. The first-order valence-electron chi connectivity index (χ1n) is 5.84. The summed E-state index contributed by atoms with van der Waals surface area (Å²) in [5, 5.41) is 29.7. The number of benzene rings is 1. The van der Waals surface area contributed by atoms with Gasteiger partial charge in [0.25, 0.3) is 5.69 Å². The predicted molar refractivity (Wildman–Crippen MR) is 69.4 cm³/mol. The lowest BCUT2D eigenvalue weighted by atomic mass is 10.3. The molecule has 0 unspecified atom stereocenters. The number of non-ortho nitro benzene ring substituents is 1. The van der Waals surface area contributed by atoms with Gasteiger partial charge in [-0.2, -0.15) is 0 Å². The third kappa shape index (κ3) is 9.71. The average Bonchev–Trinajstić information content (AvgIpc) is 2.40. The van der Waals surface area contributed by atoms with Crippen molar-refractivity contribution in [1.82, 2.24) is 5.32 Å². The van der Waals surface area contributed by atoms with Crippen LogP contribution in [-0.2, 0) is 0 Å². The molecule has 0 spiro atoms. The zero-order valence-corrected chi connectivity index (χ0v) is 10.3. The van der Waals surface area contributed by atoms with Gasteiger partial charge >= 0.3 is 0 Å². The van der Waals surface area contributed by atoms with Crippen LogP contribution in [0.5, 0.6) is 0 Å². The standard InChI is InChI=1S/C6H5NO2.C6H15NO2/c8-7(9)6-4-2-1-3-5-6;8-5-1-3-7-4-2-6-9/h1-5H;7-9H,1-6H2. The molecular weight excluding hydrogens is 236 g/mol. The number of hydrogen-bond donors (Lipinski definition) is 3. The van der Waals surface area contributed by atoms with E-state index in [0.29, 0.717) is 0 Å². The normalized spacial score (nSPS) is 9.44.